The number of hydrazine groups is 1. The molecule has 0 bridgehead atoms. The molecular weight excluding hydrogens is 356 g/mol. The van der Waals surface area contributed by atoms with Crippen LogP contribution in [0.25, 0.3) is 0 Å². The maximum absolute atomic E-state index is 6.41. The van der Waals surface area contributed by atoms with E-state index in [1.54, 1.807) is 17.4 Å². The maximum atomic E-state index is 6.41. The Morgan fingerprint density at radius 2 is 1.88 bits per heavy atom. The largest absolute Gasteiger partial charge is 0.378 e. The Balaban J connectivity index is 0.00000196. The summed E-state index contributed by atoms with van der Waals surface area (Å²) in [6, 6.07) is 9.69. The molecule has 0 aliphatic carbocycles. The highest BCUT2D eigenvalue weighted by molar-refractivity contribution is 6.29. The summed E-state index contributed by atoms with van der Waals surface area (Å²) in [4.78, 5) is 14.7. The van der Waals surface area contributed by atoms with E-state index in [1.165, 1.54) is 6.33 Å². The molecule has 6 N–H and O–H groups in total. The van der Waals surface area contributed by atoms with Crippen molar-refractivity contribution in [2.75, 3.05) is 36.2 Å². The molecule has 1 aromatic carbocycles. The summed E-state index contributed by atoms with van der Waals surface area (Å²) in [6.07, 6.45) is 2.98. The van der Waals surface area contributed by atoms with Gasteiger partial charge in [-0.3, -0.25) is 5.73 Å². The molecule has 1 atom stereocenters. The van der Waals surface area contributed by atoms with Crippen molar-refractivity contribution in [3.63, 3.8) is 0 Å². The van der Waals surface area contributed by atoms with Gasteiger partial charge in [0.15, 0.2) is 5.82 Å². The van der Waals surface area contributed by atoms with E-state index in [4.69, 9.17) is 22.1 Å². The lowest BCUT2D eigenvalue weighted by Gasteiger charge is -2.30. The summed E-state index contributed by atoms with van der Waals surface area (Å²) in [6.45, 7) is 3.30. The number of morpholine rings is 1. The lowest BCUT2D eigenvalue weighted by Crippen LogP contribution is -2.51. The number of ether oxygens (including phenoxy) is 1. The first-order valence-electron chi connectivity index (χ1n) is 7.96. The van der Waals surface area contributed by atoms with Crippen molar-refractivity contribution in [3.8, 4) is 0 Å². The first-order chi connectivity index (χ1) is 12.1. The number of rotatable bonds is 3. The minimum atomic E-state index is -1.05. The average molecular weight is 377 g/mol. The SMILES string of the molecule is N.NC1(c2ccc(N3CCOCC3)cc2)N=CN(c2cc(Cl)ncn2)N1. The molecule has 3 heterocycles. The Morgan fingerprint density at radius 3 is 2.58 bits per heavy atom. The molecule has 1 saturated heterocycles. The van der Waals surface area contributed by atoms with Crippen LogP contribution >= 0.6 is 11.6 Å². The third kappa shape index (κ3) is 3.62. The van der Waals surface area contributed by atoms with E-state index in [1.807, 2.05) is 12.1 Å². The molecule has 4 rings (SSSR count). The van der Waals surface area contributed by atoms with E-state index in [-0.39, 0.29) is 6.15 Å². The highest BCUT2D eigenvalue weighted by Crippen LogP contribution is 2.26. The number of aromatic nitrogens is 2. The number of nitrogens with zero attached hydrogens (tertiary/aromatic N) is 5. The van der Waals surface area contributed by atoms with Crippen LogP contribution in [0.1, 0.15) is 5.56 Å². The normalized spacial score (nSPS) is 22.4. The van der Waals surface area contributed by atoms with Crippen LogP contribution in [0.4, 0.5) is 11.5 Å². The van der Waals surface area contributed by atoms with E-state index >= 15 is 0 Å². The van der Waals surface area contributed by atoms with Crippen molar-refractivity contribution in [3.05, 3.63) is 47.4 Å². The first kappa shape index (κ1) is 18.5. The molecule has 2 aliphatic heterocycles. The van der Waals surface area contributed by atoms with Crippen molar-refractivity contribution < 1.29 is 4.74 Å². The van der Waals surface area contributed by atoms with Crippen LogP contribution in [0, 0.1) is 0 Å². The minimum absolute atomic E-state index is 0. The molecule has 0 saturated carbocycles. The van der Waals surface area contributed by atoms with Gasteiger partial charge < -0.3 is 15.8 Å². The monoisotopic (exact) mass is 376 g/mol. The topological polar surface area (TPSA) is 127 Å². The second-order valence-electron chi connectivity index (χ2n) is 5.84. The average Bonchev–Trinajstić information content (AvgIpc) is 3.06. The molecule has 138 valence electrons. The Morgan fingerprint density at radius 1 is 1.15 bits per heavy atom. The Hall–Kier alpha value is -2.30. The summed E-state index contributed by atoms with van der Waals surface area (Å²) >= 11 is 5.91. The summed E-state index contributed by atoms with van der Waals surface area (Å²) in [5, 5.41) is 1.98. The lowest BCUT2D eigenvalue weighted by molar-refractivity contribution is 0.122. The third-order valence-electron chi connectivity index (χ3n) is 4.22. The number of nitrogens with two attached hydrogens (primary N) is 1. The number of hydrogen-bond donors (Lipinski definition) is 3. The molecule has 2 aliphatic rings. The molecule has 1 aromatic heterocycles. The molecular formula is C16H21ClN8O. The van der Waals surface area contributed by atoms with Crippen LogP contribution in [0.15, 0.2) is 41.7 Å². The number of nitrogens with one attached hydrogen (secondary N) is 1. The molecule has 9 nitrogen and oxygen atoms in total. The Kier molecular flexibility index (Phi) is 5.35. The van der Waals surface area contributed by atoms with Crippen LogP contribution in [-0.4, -0.2) is 42.6 Å². The van der Waals surface area contributed by atoms with E-state index in [2.05, 4.69) is 37.4 Å². The number of anilines is 2. The minimum Gasteiger partial charge on any atom is -0.378 e. The van der Waals surface area contributed by atoms with Gasteiger partial charge in [0.1, 0.15) is 17.8 Å². The number of benzene rings is 1. The summed E-state index contributed by atoms with van der Waals surface area (Å²) in [7, 11) is 0. The van der Waals surface area contributed by atoms with Gasteiger partial charge in [0.05, 0.1) is 13.2 Å². The smallest absolute Gasteiger partial charge is 0.207 e. The van der Waals surface area contributed by atoms with Crippen LogP contribution in [0.2, 0.25) is 5.15 Å². The van der Waals surface area contributed by atoms with Gasteiger partial charge in [0.25, 0.3) is 0 Å². The Labute approximate surface area is 156 Å². The zero-order valence-electron chi connectivity index (χ0n) is 14.2. The van der Waals surface area contributed by atoms with Gasteiger partial charge in [-0.05, 0) is 12.1 Å². The van der Waals surface area contributed by atoms with Gasteiger partial charge in [0.2, 0.25) is 5.79 Å². The second kappa shape index (κ2) is 7.52. The summed E-state index contributed by atoms with van der Waals surface area (Å²) < 4.78 is 5.39. The molecule has 2 aromatic rings. The van der Waals surface area contributed by atoms with Gasteiger partial charge in [-0.15, -0.1) is 0 Å². The van der Waals surface area contributed by atoms with E-state index in [9.17, 15) is 0 Å². The highest BCUT2D eigenvalue weighted by atomic mass is 35.5. The molecule has 0 radical (unpaired) electrons. The number of hydrogen-bond acceptors (Lipinski definition) is 9. The molecule has 0 spiro atoms. The van der Waals surface area contributed by atoms with Crippen molar-refractivity contribution in [2.45, 2.75) is 5.79 Å². The number of aliphatic imine (C=N–C) groups is 1. The molecule has 10 heteroatoms. The lowest BCUT2D eigenvalue weighted by atomic mass is 10.1. The standard InChI is InChI=1S/C16H18ClN7O.H3N/c17-14-9-15(20-10-19-14)24-11-21-16(18,22-24)12-1-3-13(4-2-12)23-5-7-25-8-6-23;/h1-4,9-11,22H,5-8,18H2;1H3. The fraction of sp³-hybridized carbons (Fsp3) is 0.312. The maximum Gasteiger partial charge on any atom is 0.207 e. The van der Waals surface area contributed by atoms with Gasteiger partial charge in [-0.25, -0.2) is 20.0 Å². The highest BCUT2D eigenvalue weighted by Gasteiger charge is 2.33. The Bertz CT molecular complexity index is 780. The number of halogens is 1. The molecule has 0 amide bonds. The van der Waals surface area contributed by atoms with Crippen LogP contribution in [-0.2, 0) is 10.5 Å². The quantitative estimate of drug-likeness (QED) is 0.683. The molecule has 26 heavy (non-hydrogen) atoms. The van der Waals surface area contributed by atoms with Gasteiger partial charge in [-0.2, -0.15) is 5.43 Å². The second-order valence-corrected chi connectivity index (χ2v) is 6.23. The van der Waals surface area contributed by atoms with Crippen molar-refractivity contribution in [2.24, 2.45) is 10.7 Å². The molecule has 1 unspecified atom stereocenters. The zero-order valence-corrected chi connectivity index (χ0v) is 14.9. The van der Waals surface area contributed by atoms with Gasteiger partial charge in [0, 0.05) is 30.4 Å². The molecule has 1 fully saturated rings. The third-order valence-corrected chi connectivity index (χ3v) is 4.42. The fourth-order valence-corrected chi connectivity index (χ4v) is 2.99. The zero-order chi connectivity index (χ0) is 17.3. The van der Waals surface area contributed by atoms with E-state index in [0.29, 0.717) is 11.0 Å². The van der Waals surface area contributed by atoms with Gasteiger partial charge in [-0.1, -0.05) is 23.7 Å². The van der Waals surface area contributed by atoms with Crippen molar-refractivity contribution in [1.82, 2.24) is 21.5 Å². The van der Waals surface area contributed by atoms with Crippen molar-refractivity contribution in [1.29, 1.82) is 0 Å². The summed E-state index contributed by atoms with van der Waals surface area (Å²) in [5.41, 5.74) is 11.5. The van der Waals surface area contributed by atoms with E-state index < -0.39 is 5.79 Å². The summed E-state index contributed by atoms with van der Waals surface area (Å²) in [5.74, 6) is -0.484. The van der Waals surface area contributed by atoms with Gasteiger partial charge >= 0.3 is 0 Å². The van der Waals surface area contributed by atoms with E-state index in [0.717, 1.165) is 37.6 Å². The first-order valence-corrected chi connectivity index (χ1v) is 8.34. The van der Waals surface area contributed by atoms with Crippen molar-refractivity contribution >= 4 is 29.4 Å². The predicted molar refractivity (Wildman–Crippen MR) is 102 cm³/mol. The fourth-order valence-electron chi connectivity index (χ4n) is 2.85. The van der Waals surface area contributed by atoms with Crippen LogP contribution in [0.3, 0.4) is 0 Å². The van der Waals surface area contributed by atoms with Crippen LogP contribution in [0.5, 0.6) is 0 Å². The van der Waals surface area contributed by atoms with Crippen LogP contribution < -0.4 is 27.2 Å². The predicted octanol–water partition coefficient (Wildman–Crippen LogP) is 1.25.